The van der Waals surface area contributed by atoms with Crippen LogP contribution < -0.4 is 11.1 Å². The highest BCUT2D eigenvalue weighted by Crippen LogP contribution is 2.31. The molecular formula is C19H44BN3O2. The maximum Gasteiger partial charge on any atom is 0.285 e. The second kappa shape index (κ2) is 14.6. The fraction of sp³-hybridized carbons (Fsp3) is 0.947. The molecule has 0 aliphatic heterocycles. The Morgan fingerprint density at radius 2 is 1.68 bits per heavy atom. The predicted molar refractivity (Wildman–Crippen MR) is 111 cm³/mol. The molecule has 0 heterocycles. The summed E-state index contributed by atoms with van der Waals surface area (Å²) >= 11 is 0. The zero-order valence-corrected chi connectivity index (χ0v) is 18.1. The molecule has 1 amide bonds. The molecule has 1 rings (SSSR count). The first kappa shape index (κ1) is 26.6. The molecule has 1 aliphatic rings. The lowest BCUT2D eigenvalue weighted by Crippen LogP contribution is -2.47. The SMILES string of the molecule is CCB(C)O.CCN.CN(C)CC1CCCCC1C(=O)NC(C)(C)C. The van der Waals surface area contributed by atoms with Crippen LogP contribution in [0.15, 0.2) is 0 Å². The molecule has 0 saturated heterocycles. The second-order valence-corrected chi connectivity index (χ2v) is 8.32. The number of nitrogens with one attached hydrogen (secondary N) is 1. The molecule has 150 valence electrons. The van der Waals surface area contributed by atoms with Crippen LogP contribution in [0.2, 0.25) is 13.1 Å². The second-order valence-electron chi connectivity index (χ2n) is 8.32. The van der Waals surface area contributed by atoms with E-state index >= 15 is 0 Å². The lowest BCUT2D eigenvalue weighted by Gasteiger charge is -2.34. The molecule has 0 aromatic heterocycles. The molecule has 0 aromatic rings. The van der Waals surface area contributed by atoms with Crippen LogP contribution in [0, 0.1) is 11.8 Å². The summed E-state index contributed by atoms with van der Waals surface area (Å²) in [6, 6.07) is 0. The third-order valence-electron chi connectivity index (χ3n) is 3.93. The number of nitrogens with two attached hydrogens (primary N) is 1. The first-order valence-electron chi connectivity index (χ1n) is 9.83. The minimum absolute atomic E-state index is 0.114. The van der Waals surface area contributed by atoms with Gasteiger partial charge in [-0.15, -0.1) is 0 Å². The van der Waals surface area contributed by atoms with Crippen molar-refractivity contribution in [1.29, 1.82) is 0 Å². The number of nitrogens with zero attached hydrogens (tertiary/aromatic N) is 1. The molecule has 4 N–H and O–H groups in total. The molecule has 5 nitrogen and oxygen atoms in total. The van der Waals surface area contributed by atoms with Crippen LogP contribution >= 0.6 is 0 Å². The van der Waals surface area contributed by atoms with Crippen molar-refractivity contribution in [3.8, 4) is 0 Å². The zero-order chi connectivity index (χ0) is 20.0. The maximum absolute atomic E-state index is 12.3. The summed E-state index contributed by atoms with van der Waals surface area (Å²) in [7, 11) is 4.18. The molecule has 1 fully saturated rings. The Morgan fingerprint density at radius 1 is 1.24 bits per heavy atom. The minimum atomic E-state index is -0.116. The highest BCUT2D eigenvalue weighted by Gasteiger charge is 2.32. The highest BCUT2D eigenvalue weighted by molar-refractivity contribution is 6.48. The molecule has 2 atom stereocenters. The van der Waals surface area contributed by atoms with E-state index in [1.54, 1.807) is 6.82 Å². The number of amides is 1. The summed E-state index contributed by atoms with van der Waals surface area (Å²) in [6.07, 6.45) is 5.59. The number of carbonyl (C=O) groups is 1. The van der Waals surface area contributed by atoms with Gasteiger partial charge >= 0.3 is 0 Å². The van der Waals surface area contributed by atoms with Crippen LogP contribution in [-0.2, 0) is 4.79 Å². The van der Waals surface area contributed by atoms with Crippen molar-refractivity contribution >= 4 is 12.8 Å². The van der Waals surface area contributed by atoms with Crippen LogP contribution in [0.3, 0.4) is 0 Å². The first-order valence-corrected chi connectivity index (χ1v) is 9.83. The van der Waals surface area contributed by atoms with Crippen LogP contribution in [0.1, 0.15) is 60.3 Å². The van der Waals surface area contributed by atoms with E-state index in [4.69, 9.17) is 10.8 Å². The van der Waals surface area contributed by atoms with Gasteiger partial charge in [-0.25, -0.2) is 0 Å². The van der Waals surface area contributed by atoms with E-state index in [-0.39, 0.29) is 24.3 Å². The van der Waals surface area contributed by atoms with Crippen LogP contribution in [0.25, 0.3) is 0 Å². The largest absolute Gasteiger partial charge is 0.451 e. The number of rotatable bonds is 4. The molecule has 1 saturated carbocycles. The molecule has 6 heteroatoms. The van der Waals surface area contributed by atoms with Gasteiger partial charge in [0, 0.05) is 18.0 Å². The van der Waals surface area contributed by atoms with Crippen molar-refractivity contribution < 1.29 is 9.82 Å². The van der Waals surface area contributed by atoms with Crippen molar-refractivity contribution in [2.24, 2.45) is 17.6 Å². The van der Waals surface area contributed by atoms with E-state index in [0.717, 1.165) is 25.8 Å². The van der Waals surface area contributed by atoms with E-state index in [2.05, 4.69) is 45.1 Å². The minimum Gasteiger partial charge on any atom is -0.451 e. The predicted octanol–water partition coefficient (Wildman–Crippen LogP) is 2.85. The summed E-state index contributed by atoms with van der Waals surface area (Å²) in [4.78, 5) is 14.5. The highest BCUT2D eigenvalue weighted by atomic mass is 16.2. The number of carbonyl (C=O) groups excluding carboxylic acids is 1. The van der Waals surface area contributed by atoms with Gasteiger partial charge < -0.3 is 21.0 Å². The average Bonchev–Trinajstić information content (AvgIpc) is 2.46. The Kier molecular flexibility index (Phi) is 15.5. The van der Waals surface area contributed by atoms with Crippen molar-refractivity contribution in [3.05, 3.63) is 0 Å². The van der Waals surface area contributed by atoms with E-state index < -0.39 is 0 Å². The Bertz CT molecular complexity index is 331. The zero-order valence-electron chi connectivity index (χ0n) is 18.1. The van der Waals surface area contributed by atoms with E-state index in [9.17, 15) is 4.79 Å². The molecule has 0 aromatic carbocycles. The Hall–Kier alpha value is -0.585. The lowest BCUT2D eigenvalue weighted by atomic mass is 9.69. The standard InChI is InChI=1S/C14H28N2O.C3H9BO.C2H7N/c1-14(2,3)15-13(17)12-9-7-6-8-11(12)10-16(4)5;1-3-4(2)5;1-2-3/h11-12H,6-10H2,1-5H3,(H,15,17);5H,3H2,1-2H3;2-3H2,1H3. The lowest BCUT2D eigenvalue weighted by molar-refractivity contribution is -0.129. The number of hydrogen-bond acceptors (Lipinski definition) is 4. The van der Waals surface area contributed by atoms with Crippen molar-refractivity contribution in [2.45, 2.75) is 79.0 Å². The molecule has 25 heavy (non-hydrogen) atoms. The van der Waals surface area contributed by atoms with E-state index in [1.807, 2.05) is 13.8 Å². The molecule has 0 radical (unpaired) electrons. The molecule has 2 unspecified atom stereocenters. The van der Waals surface area contributed by atoms with Gasteiger partial charge in [0.1, 0.15) is 0 Å². The smallest absolute Gasteiger partial charge is 0.285 e. The quantitative estimate of drug-likeness (QED) is 0.676. The summed E-state index contributed by atoms with van der Waals surface area (Å²) in [6.45, 7) is 13.4. The third-order valence-corrected chi connectivity index (χ3v) is 3.93. The number of hydrogen-bond donors (Lipinski definition) is 3. The van der Waals surface area contributed by atoms with Gasteiger partial charge in [0.25, 0.3) is 6.92 Å². The molecule has 0 spiro atoms. The first-order chi connectivity index (χ1) is 11.5. The maximum atomic E-state index is 12.3. The fourth-order valence-corrected chi connectivity index (χ4v) is 2.70. The summed E-state index contributed by atoms with van der Waals surface area (Å²) in [5.41, 5.74) is 4.73. The van der Waals surface area contributed by atoms with Crippen molar-refractivity contribution in [1.82, 2.24) is 10.2 Å². The normalized spacial score (nSPS) is 20.0. The topological polar surface area (TPSA) is 78.6 Å². The third kappa shape index (κ3) is 16.6. The average molecular weight is 357 g/mol. The molecular weight excluding hydrogens is 313 g/mol. The Labute approximate surface area is 157 Å². The fourth-order valence-electron chi connectivity index (χ4n) is 2.70. The van der Waals surface area contributed by atoms with Gasteiger partial charge in [0.05, 0.1) is 0 Å². The van der Waals surface area contributed by atoms with Crippen LogP contribution in [0.5, 0.6) is 0 Å². The van der Waals surface area contributed by atoms with Crippen molar-refractivity contribution in [2.75, 3.05) is 27.2 Å². The van der Waals surface area contributed by atoms with Gasteiger partial charge in [0.15, 0.2) is 0 Å². The summed E-state index contributed by atoms with van der Waals surface area (Å²) in [5.74, 6) is 0.996. The van der Waals surface area contributed by atoms with Crippen LogP contribution in [-0.4, -0.2) is 55.5 Å². The van der Waals surface area contributed by atoms with Gasteiger partial charge in [-0.2, -0.15) is 0 Å². The van der Waals surface area contributed by atoms with Gasteiger partial charge in [-0.1, -0.05) is 39.8 Å². The van der Waals surface area contributed by atoms with E-state index in [1.165, 1.54) is 19.3 Å². The van der Waals surface area contributed by atoms with Gasteiger partial charge in [-0.3, -0.25) is 4.79 Å². The van der Waals surface area contributed by atoms with Gasteiger partial charge in [-0.05, 0) is 60.2 Å². The summed E-state index contributed by atoms with van der Waals surface area (Å²) < 4.78 is 0. The Balaban J connectivity index is 0. The Morgan fingerprint density at radius 3 is 2.04 bits per heavy atom. The van der Waals surface area contributed by atoms with E-state index in [0.29, 0.717) is 5.92 Å². The van der Waals surface area contributed by atoms with Gasteiger partial charge in [0.2, 0.25) is 5.91 Å². The monoisotopic (exact) mass is 357 g/mol. The van der Waals surface area contributed by atoms with Crippen molar-refractivity contribution in [3.63, 3.8) is 0 Å². The van der Waals surface area contributed by atoms with Crippen LogP contribution in [0.4, 0.5) is 0 Å². The molecule has 1 aliphatic carbocycles. The molecule has 0 bridgehead atoms. The summed E-state index contributed by atoms with van der Waals surface area (Å²) in [5, 5.41) is 11.5.